The summed E-state index contributed by atoms with van der Waals surface area (Å²) in [5, 5.41) is 10.8. The van der Waals surface area contributed by atoms with Crippen LogP contribution in [0.15, 0.2) is 28.5 Å². The summed E-state index contributed by atoms with van der Waals surface area (Å²) in [5.74, 6) is -1.27. The number of rotatable bonds is 4. The topological polar surface area (TPSA) is 83.5 Å². The van der Waals surface area contributed by atoms with Crippen molar-refractivity contribution in [2.75, 3.05) is 4.72 Å². The number of halogens is 1. The van der Waals surface area contributed by atoms with Crippen molar-refractivity contribution in [2.45, 2.75) is 18.7 Å². The highest BCUT2D eigenvalue weighted by atomic mass is 35.5. The number of hydrogen-bond acceptors (Lipinski definition) is 4. The Balaban J connectivity index is 2.48. The second-order valence-corrected chi connectivity index (χ2v) is 7.38. The molecule has 0 atom stereocenters. The minimum absolute atomic E-state index is 0.212. The number of sulfonamides is 1. The van der Waals surface area contributed by atoms with Crippen molar-refractivity contribution in [3.63, 3.8) is 0 Å². The van der Waals surface area contributed by atoms with Crippen LogP contribution >= 0.6 is 22.9 Å². The van der Waals surface area contributed by atoms with Crippen molar-refractivity contribution < 1.29 is 18.3 Å². The highest BCUT2D eigenvalue weighted by molar-refractivity contribution is 7.93. The molecule has 0 amide bonds. The van der Waals surface area contributed by atoms with E-state index in [4.69, 9.17) is 16.7 Å². The third kappa shape index (κ3) is 3.20. The molecule has 0 aliphatic carbocycles. The van der Waals surface area contributed by atoms with E-state index in [-0.39, 0.29) is 20.5 Å². The van der Waals surface area contributed by atoms with Gasteiger partial charge in [-0.2, -0.15) is 0 Å². The van der Waals surface area contributed by atoms with Crippen LogP contribution in [0.4, 0.5) is 5.69 Å². The van der Waals surface area contributed by atoms with Gasteiger partial charge in [0, 0.05) is 0 Å². The van der Waals surface area contributed by atoms with E-state index < -0.39 is 16.0 Å². The molecule has 1 heterocycles. The first kappa shape index (κ1) is 15.8. The predicted molar refractivity (Wildman–Crippen MR) is 83.0 cm³/mol. The Hall–Kier alpha value is -1.57. The summed E-state index contributed by atoms with van der Waals surface area (Å²) in [6.45, 7) is 3.38. The summed E-state index contributed by atoms with van der Waals surface area (Å²) >= 11 is 6.88. The summed E-state index contributed by atoms with van der Waals surface area (Å²) < 4.78 is 27.2. The fraction of sp³-hybridized carbons (Fsp3) is 0.154. The van der Waals surface area contributed by atoms with Gasteiger partial charge in [0.1, 0.15) is 9.77 Å². The van der Waals surface area contributed by atoms with E-state index in [1.807, 2.05) is 6.92 Å². The number of aryl methyl sites for hydroxylation is 2. The highest BCUT2D eigenvalue weighted by Crippen LogP contribution is 2.31. The normalized spacial score (nSPS) is 11.4. The van der Waals surface area contributed by atoms with E-state index in [1.165, 1.54) is 11.4 Å². The maximum absolute atomic E-state index is 12.4. The number of anilines is 1. The van der Waals surface area contributed by atoms with E-state index in [0.717, 1.165) is 16.9 Å². The Kier molecular flexibility index (Phi) is 4.27. The first-order chi connectivity index (χ1) is 9.72. The molecule has 1 aromatic carbocycles. The highest BCUT2D eigenvalue weighted by Gasteiger charge is 2.27. The van der Waals surface area contributed by atoms with Gasteiger partial charge in [-0.15, -0.1) is 11.3 Å². The summed E-state index contributed by atoms with van der Waals surface area (Å²) in [7, 11) is -4.02. The zero-order valence-corrected chi connectivity index (χ0v) is 13.6. The Bertz CT molecular complexity index is 812. The largest absolute Gasteiger partial charge is 0.477 e. The molecule has 0 spiro atoms. The van der Waals surface area contributed by atoms with Crippen LogP contribution in [0.1, 0.15) is 20.8 Å². The maximum atomic E-state index is 12.4. The van der Waals surface area contributed by atoms with Crippen LogP contribution < -0.4 is 4.72 Å². The van der Waals surface area contributed by atoms with Gasteiger partial charge in [0.05, 0.1) is 10.7 Å². The number of aromatic carboxylic acids is 1. The number of benzene rings is 1. The molecule has 8 heteroatoms. The molecule has 2 aromatic rings. The lowest BCUT2D eigenvalue weighted by Gasteiger charge is -2.11. The average Bonchev–Trinajstić information content (AvgIpc) is 2.76. The Morgan fingerprint density at radius 1 is 1.33 bits per heavy atom. The van der Waals surface area contributed by atoms with Crippen molar-refractivity contribution in [1.29, 1.82) is 0 Å². The molecule has 21 heavy (non-hydrogen) atoms. The van der Waals surface area contributed by atoms with Crippen LogP contribution in [0.2, 0.25) is 5.02 Å². The average molecular weight is 346 g/mol. The smallest absolute Gasteiger partial charge is 0.347 e. The quantitative estimate of drug-likeness (QED) is 0.888. The summed E-state index contributed by atoms with van der Waals surface area (Å²) in [6.07, 6.45) is 0. The molecule has 0 saturated carbocycles. The molecule has 0 aliphatic rings. The van der Waals surface area contributed by atoms with Crippen molar-refractivity contribution in [3.8, 4) is 0 Å². The Morgan fingerprint density at radius 3 is 2.57 bits per heavy atom. The molecule has 1 aromatic heterocycles. The summed E-state index contributed by atoms with van der Waals surface area (Å²) in [5.41, 5.74) is 1.48. The molecular weight excluding hydrogens is 334 g/mol. The van der Waals surface area contributed by atoms with Gasteiger partial charge in [0.25, 0.3) is 10.0 Å². The van der Waals surface area contributed by atoms with E-state index in [9.17, 15) is 13.2 Å². The van der Waals surface area contributed by atoms with Crippen molar-refractivity contribution in [3.05, 3.63) is 44.6 Å². The van der Waals surface area contributed by atoms with Crippen LogP contribution in [-0.2, 0) is 10.0 Å². The molecule has 112 valence electrons. The van der Waals surface area contributed by atoms with Gasteiger partial charge < -0.3 is 5.11 Å². The third-order valence-electron chi connectivity index (χ3n) is 2.75. The zero-order chi connectivity index (χ0) is 15.8. The van der Waals surface area contributed by atoms with E-state index >= 15 is 0 Å². The summed E-state index contributed by atoms with van der Waals surface area (Å²) in [6, 6.07) is 4.87. The van der Waals surface area contributed by atoms with Crippen molar-refractivity contribution in [1.82, 2.24) is 0 Å². The summed E-state index contributed by atoms with van der Waals surface area (Å²) in [4.78, 5) is 10.7. The number of nitrogens with one attached hydrogen (secondary N) is 1. The van der Waals surface area contributed by atoms with Gasteiger partial charge in [-0.25, -0.2) is 13.2 Å². The SMILES string of the molecule is Cc1ccc(NS(=O)(=O)c2c(C)csc2C(=O)O)c(Cl)c1. The second kappa shape index (κ2) is 5.67. The van der Waals surface area contributed by atoms with Gasteiger partial charge >= 0.3 is 5.97 Å². The number of hydrogen-bond donors (Lipinski definition) is 2. The predicted octanol–water partition coefficient (Wildman–Crippen LogP) is 3.52. The number of carboxylic acid groups (broad SMARTS) is 1. The molecular formula is C13H12ClNO4S2. The van der Waals surface area contributed by atoms with E-state index in [1.54, 1.807) is 19.1 Å². The third-order valence-corrected chi connectivity index (χ3v) is 5.83. The van der Waals surface area contributed by atoms with Crippen LogP contribution in [0.25, 0.3) is 0 Å². The minimum Gasteiger partial charge on any atom is -0.477 e. The molecule has 0 saturated heterocycles. The van der Waals surface area contributed by atoms with Crippen LogP contribution in [0.5, 0.6) is 0 Å². The first-order valence-electron chi connectivity index (χ1n) is 5.82. The van der Waals surface area contributed by atoms with Crippen LogP contribution in [0.3, 0.4) is 0 Å². The monoisotopic (exact) mass is 345 g/mol. The minimum atomic E-state index is -4.02. The molecule has 0 bridgehead atoms. The molecule has 0 fully saturated rings. The lowest BCUT2D eigenvalue weighted by atomic mass is 10.2. The molecule has 0 unspecified atom stereocenters. The molecule has 2 rings (SSSR count). The number of carbonyl (C=O) groups is 1. The molecule has 0 radical (unpaired) electrons. The number of carboxylic acids is 1. The van der Waals surface area contributed by atoms with E-state index in [2.05, 4.69) is 4.72 Å². The van der Waals surface area contributed by atoms with Gasteiger partial charge in [-0.05, 0) is 42.5 Å². The van der Waals surface area contributed by atoms with E-state index in [0.29, 0.717) is 5.56 Å². The maximum Gasteiger partial charge on any atom is 0.347 e. The Morgan fingerprint density at radius 2 is 2.00 bits per heavy atom. The molecule has 0 aliphatic heterocycles. The second-order valence-electron chi connectivity index (χ2n) is 4.47. The lowest BCUT2D eigenvalue weighted by molar-refractivity contribution is 0.0698. The first-order valence-corrected chi connectivity index (χ1v) is 8.57. The lowest BCUT2D eigenvalue weighted by Crippen LogP contribution is -2.16. The van der Waals surface area contributed by atoms with Gasteiger partial charge in [-0.3, -0.25) is 4.72 Å². The van der Waals surface area contributed by atoms with Crippen LogP contribution in [-0.4, -0.2) is 19.5 Å². The molecule has 5 nitrogen and oxygen atoms in total. The zero-order valence-electron chi connectivity index (χ0n) is 11.2. The van der Waals surface area contributed by atoms with Crippen molar-refractivity contribution >= 4 is 44.6 Å². The van der Waals surface area contributed by atoms with Gasteiger partial charge in [0.2, 0.25) is 0 Å². The van der Waals surface area contributed by atoms with Gasteiger partial charge in [-0.1, -0.05) is 17.7 Å². The van der Waals surface area contributed by atoms with Crippen LogP contribution in [0, 0.1) is 13.8 Å². The van der Waals surface area contributed by atoms with Gasteiger partial charge in [0.15, 0.2) is 0 Å². The number of thiophene rings is 1. The standard InChI is InChI=1S/C13H12ClNO4S2/c1-7-3-4-10(9(14)5-7)15-21(18,19)12-8(2)6-20-11(12)13(16)17/h3-6,15H,1-2H3,(H,16,17). The van der Waals surface area contributed by atoms with Crippen molar-refractivity contribution in [2.24, 2.45) is 0 Å². The molecule has 2 N–H and O–H groups in total. The fourth-order valence-electron chi connectivity index (χ4n) is 1.81. The Labute approximate surface area is 131 Å². The fourth-order valence-corrected chi connectivity index (χ4v) is 4.87.